The van der Waals surface area contributed by atoms with Crippen molar-refractivity contribution in [1.82, 2.24) is 10.0 Å². The summed E-state index contributed by atoms with van der Waals surface area (Å²) in [5.74, 6) is -0.507. The van der Waals surface area contributed by atoms with Gasteiger partial charge in [0.2, 0.25) is 15.9 Å². The van der Waals surface area contributed by atoms with E-state index in [1.807, 2.05) is 19.9 Å². The van der Waals surface area contributed by atoms with Gasteiger partial charge in [-0.1, -0.05) is 24.6 Å². The number of aryl methyl sites for hydroxylation is 1. The molecule has 1 atom stereocenters. The Morgan fingerprint density at radius 2 is 1.76 bits per heavy atom. The van der Waals surface area contributed by atoms with E-state index in [0.29, 0.717) is 17.7 Å². The highest BCUT2D eigenvalue weighted by atomic mass is 32.2. The van der Waals surface area contributed by atoms with E-state index in [9.17, 15) is 18.0 Å². The average Bonchev–Trinajstić information content (AvgIpc) is 2.68. The second kappa shape index (κ2) is 10.2. The van der Waals surface area contributed by atoms with Gasteiger partial charge in [0.05, 0.1) is 4.90 Å². The van der Waals surface area contributed by atoms with Crippen LogP contribution in [0.25, 0.3) is 0 Å². The second-order valence-electron chi connectivity index (χ2n) is 6.88. The molecule has 0 saturated heterocycles. The van der Waals surface area contributed by atoms with Gasteiger partial charge in [0.25, 0.3) is 5.91 Å². The van der Waals surface area contributed by atoms with E-state index in [4.69, 9.17) is 0 Å². The molecule has 2 rings (SSSR count). The van der Waals surface area contributed by atoms with Crippen molar-refractivity contribution in [2.45, 2.75) is 44.6 Å². The first-order valence-electron chi connectivity index (χ1n) is 9.48. The highest BCUT2D eigenvalue weighted by molar-refractivity contribution is 7.89. The number of amides is 2. The topological polar surface area (TPSA) is 104 Å². The number of hydrogen-bond donors (Lipinski definition) is 3. The van der Waals surface area contributed by atoms with Crippen LogP contribution in [0.2, 0.25) is 0 Å². The molecule has 0 aromatic heterocycles. The van der Waals surface area contributed by atoms with E-state index in [1.54, 1.807) is 25.1 Å². The molecule has 8 heteroatoms. The summed E-state index contributed by atoms with van der Waals surface area (Å²) in [4.78, 5) is 24.3. The molecule has 2 amide bonds. The van der Waals surface area contributed by atoms with Crippen LogP contribution in [0.15, 0.2) is 53.4 Å². The monoisotopic (exact) mass is 417 g/mol. The summed E-state index contributed by atoms with van der Waals surface area (Å²) >= 11 is 0. The summed E-state index contributed by atoms with van der Waals surface area (Å²) < 4.78 is 27.1. The fourth-order valence-corrected chi connectivity index (χ4v) is 3.86. The van der Waals surface area contributed by atoms with Crippen molar-refractivity contribution in [3.8, 4) is 0 Å². The lowest BCUT2D eigenvalue weighted by Crippen LogP contribution is -2.32. The quantitative estimate of drug-likeness (QED) is 0.583. The standard InChI is InChI=1S/C21H27N3O4S/c1-4-16(3)24-29(27,28)19-10-8-18(9-11-19)23-20(25)12-13-22-21(26)17-7-5-6-15(2)14-17/h5-11,14,16,24H,4,12-13H2,1-3H3,(H,22,26)(H,23,25). The van der Waals surface area contributed by atoms with Crippen molar-refractivity contribution in [3.05, 3.63) is 59.7 Å². The van der Waals surface area contributed by atoms with Crippen molar-refractivity contribution >= 4 is 27.5 Å². The predicted molar refractivity (Wildman–Crippen MR) is 113 cm³/mol. The maximum absolute atomic E-state index is 12.2. The summed E-state index contributed by atoms with van der Waals surface area (Å²) in [5.41, 5.74) is 2.02. The largest absolute Gasteiger partial charge is 0.352 e. The molecule has 0 heterocycles. The van der Waals surface area contributed by atoms with Crippen molar-refractivity contribution in [3.63, 3.8) is 0 Å². The third kappa shape index (κ3) is 6.99. The van der Waals surface area contributed by atoms with Gasteiger partial charge in [-0.3, -0.25) is 9.59 Å². The number of hydrogen-bond acceptors (Lipinski definition) is 4. The Morgan fingerprint density at radius 1 is 1.07 bits per heavy atom. The number of rotatable bonds is 9. The summed E-state index contributed by atoms with van der Waals surface area (Å²) in [7, 11) is -3.58. The van der Waals surface area contributed by atoms with Crippen LogP contribution in [-0.4, -0.2) is 32.8 Å². The highest BCUT2D eigenvalue weighted by Crippen LogP contribution is 2.15. The number of carbonyl (C=O) groups is 2. The molecule has 1 unspecified atom stereocenters. The van der Waals surface area contributed by atoms with Gasteiger partial charge < -0.3 is 10.6 Å². The minimum Gasteiger partial charge on any atom is -0.352 e. The van der Waals surface area contributed by atoms with Crippen molar-refractivity contribution in [2.75, 3.05) is 11.9 Å². The molecule has 7 nitrogen and oxygen atoms in total. The maximum atomic E-state index is 12.2. The molecule has 29 heavy (non-hydrogen) atoms. The van der Waals surface area contributed by atoms with Crippen LogP contribution in [0.1, 0.15) is 42.6 Å². The first-order chi connectivity index (χ1) is 13.7. The number of carbonyl (C=O) groups excluding carboxylic acids is 2. The van der Waals surface area contributed by atoms with E-state index in [0.717, 1.165) is 5.56 Å². The molecular formula is C21H27N3O4S. The molecule has 0 radical (unpaired) electrons. The van der Waals surface area contributed by atoms with Gasteiger partial charge in [-0.2, -0.15) is 0 Å². The Labute approximate surface area is 172 Å². The SMILES string of the molecule is CCC(C)NS(=O)(=O)c1ccc(NC(=O)CCNC(=O)c2cccc(C)c2)cc1. The Hall–Kier alpha value is -2.71. The average molecular weight is 418 g/mol. The van der Waals surface area contributed by atoms with Gasteiger partial charge in [0.1, 0.15) is 0 Å². The Kier molecular flexibility index (Phi) is 7.92. The van der Waals surface area contributed by atoms with Crippen LogP contribution >= 0.6 is 0 Å². The molecule has 0 aliphatic heterocycles. The Balaban J connectivity index is 1.84. The first-order valence-corrected chi connectivity index (χ1v) is 11.0. The lowest BCUT2D eigenvalue weighted by molar-refractivity contribution is -0.116. The number of anilines is 1. The van der Waals surface area contributed by atoms with E-state index >= 15 is 0 Å². The van der Waals surface area contributed by atoms with Crippen molar-refractivity contribution in [2.24, 2.45) is 0 Å². The normalized spacial score (nSPS) is 12.2. The third-order valence-electron chi connectivity index (χ3n) is 4.33. The molecule has 0 saturated carbocycles. The smallest absolute Gasteiger partial charge is 0.251 e. The summed E-state index contributed by atoms with van der Waals surface area (Å²) in [6, 6.07) is 13.0. The summed E-state index contributed by atoms with van der Waals surface area (Å²) in [6.07, 6.45) is 0.793. The van der Waals surface area contributed by atoms with Crippen molar-refractivity contribution < 1.29 is 18.0 Å². The molecule has 2 aromatic rings. The Bertz CT molecular complexity index is 956. The highest BCUT2D eigenvalue weighted by Gasteiger charge is 2.16. The van der Waals surface area contributed by atoms with Gasteiger partial charge >= 0.3 is 0 Å². The molecule has 0 spiro atoms. The molecular weight excluding hydrogens is 390 g/mol. The fourth-order valence-electron chi connectivity index (χ4n) is 2.54. The minimum atomic E-state index is -3.58. The molecule has 0 aliphatic carbocycles. The van der Waals surface area contributed by atoms with E-state index in [1.165, 1.54) is 24.3 Å². The lowest BCUT2D eigenvalue weighted by Gasteiger charge is -2.12. The van der Waals surface area contributed by atoms with E-state index < -0.39 is 10.0 Å². The molecule has 0 bridgehead atoms. The van der Waals surface area contributed by atoms with Gasteiger partial charge in [-0.05, 0) is 56.7 Å². The van der Waals surface area contributed by atoms with Gasteiger partial charge in [0.15, 0.2) is 0 Å². The molecule has 156 valence electrons. The summed E-state index contributed by atoms with van der Waals surface area (Å²) in [5, 5.41) is 5.40. The van der Waals surface area contributed by atoms with Crippen LogP contribution < -0.4 is 15.4 Å². The van der Waals surface area contributed by atoms with E-state index in [2.05, 4.69) is 15.4 Å². The van der Waals surface area contributed by atoms with Gasteiger partial charge in [-0.25, -0.2) is 13.1 Å². The van der Waals surface area contributed by atoms with Crippen molar-refractivity contribution in [1.29, 1.82) is 0 Å². The molecule has 0 fully saturated rings. The third-order valence-corrected chi connectivity index (χ3v) is 5.94. The maximum Gasteiger partial charge on any atom is 0.251 e. The zero-order valence-electron chi connectivity index (χ0n) is 16.9. The molecule has 0 aliphatic rings. The van der Waals surface area contributed by atoms with Crippen LogP contribution in [0, 0.1) is 6.92 Å². The second-order valence-corrected chi connectivity index (χ2v) is 8.59. The van der Waals surface area contributed by atoms with Crippen LogP contribution in [0.5, 0.6) is 0 Å². The number of sulfonamides is 1. The van der Waals surface area contributed by atoms with E-state index in [-0.39, 0.29) is 35.7 Å². The van der Waals surface area contributed by atoms with Crippen LogP contribution in [-0.2, 0) is 14.8 Å². The zero-order chi connectivity index (χ0) is 21.4. The predicted octanol–water partition coefficient (Wildman–Crippen LogP) is 2.83. The summed E-state index contributed by atoms with van der Waals surface area (Å²) in [6.45, 7) is 5.80. The number of nitrogens with one attached hydrogen (secondary N) is 3. The van der Waals surface area contributed by atoms with Gasteiger partial charge in [-0.15, -0.1) is 0 Å². The molecule has 3 N–H and O–H groups in total. The van der Waals surface area contributed by atoms with Gasteiger partial charge in [0, 0.05) is 30.3 Å². The molecule has 2 aromatic carbocycles. The van der Waals surface area contributed by atoms with Crippen LogP contribution in [0.3, 0.4) is 0 Å². The fraction of sp³-hybridized carbons (Fsp3) is 0.333. The first kappa shape index (κ1) is 22.6. The lowest BCUT2D eigenvalue weighted by atomic mass is 10.1. The van der Waals surface area contributed by atoms with Crippen LogP contribution in [0.4, 0.5) is 5.69 Å². The Morgan fingerprint density at radius 3 is 2.38 bits per heavy atom. The number of benzene rings is 2. The minimum absolute atomic E-state index is 0.104. The zero-order valence-corrected chi connectivity index (χ0v) is 17.7.